The van der Waals surface area contributed by atoms with E-state index in [4.69, 9.17) is 16.3 Å². The second kappa shape index (κ2) is 5.56. The van der Waals surface area contributed by atoms with Gasteiger partial charge in [0.25, 0.3) is 5.69 Å². The zero-order valence-electron chi connectivity index (χ0n) is 11.4. The van der Waals surface area contributed by atoms with Crippen molar-refractivity contribution in [3.8, 4) is 5.75 Å². The lowest BCUT2D eigenvalue weighted by Crippen LogP contribution is -2.56. The van der Waals surface area contributed by atoms with Gasteiger partial charge in [-0.2, -0.15) is 0 Å². The fourth-order valence-corrected chi connectivity index (χ4v) is 3.48. The van der Waals surface area contributed by atoms with Gasteiger partial charge in [0.2, 0.25) is 0 Å². The first-order chi connectivity index (χ1) is 9.44. The van der Waals surface area contributed by atoms with E-state index in [-0.39, 0.29) is 28.3 Å². The Balaban J connectivity index is 2.17. The number of hydrogen-bond donors (Lipinski definition) is 0. The first-order valence-corrected chi connectivity index (χ1v) is 7.13. The van der Waals surface area contributed by atoms with Crippen molar-refractivity contribution in [1.82, 2.24) is 0 Å². The molecule has 0 aliphatic heterocycles. The average Bonchev–Trinajstić information content (AvgIpc) is 2.41. The van der Waals surface area contributed by atoms with E-state index in [1.165, 1.54) is 12.1 Å². The standard InChI is InChI=1S/C14H17ClFNO3/c1-3-14(4-2)12(15)8-13(14)20-11-6-5-9(17(18)19)7-10(11)16/h5-7,12-13H,3-4,8H2,1-2H3. The van der Waals surface area contributed by atoms with Gasteiger partial charge in [-0.3, -0.25) is 10.1 Å². The third-order valence-electron chi connectivity index (χ3n) is 4.40. The number of nitrogens with zero attached hydrogens (tertiary/aromatic N) is 1. The van der Waals surface area contributed by atoms with Crippen LogP contribution in [0.4, 0.5) is 10.1 Å². The van der Waals surface area contributed by atoms with E-state index in [1.54, 1.807) is 0 Å². The van der Waals surface area contributed by atoms with Crippen LogP contribution in [-0.2, 0) is 0 Å². The minimum absolute atomic E-state index is 0.0311. The molecule has 1 fully saturated rings. The van der Waals surface area contributed by atoms with E-state index in [9.17, 15) is 14.5 Å². The molecule has 0 saturated heterocycles. The summed E-state index contributed by atoms with van der Waals surface area (Å²) in [6.45, 7) is 4.08. The van der Waals surface area contributed by atoms with E-state index < -0.39 is 10.7 Å². The highest BCUT2D eigenvalue weighted by atomic mass is 35.5. The molecule has 0 aromatic heterocycles. The Labute approximate surface area is 122 Å². The number of halogens is 2. The van der Waals surface area contributed by atoms with Crippen LogP contribution in [0.1, 0.15) is 33.1 Å². The summed E-state index contributed by atoms with van der Waals surface area (Å²) in [6.07, 6.45) is 2.24. The van der Waals surface area contributed by atoms with E-state index >= 15 is 0 Å². The summed E-state index contributed by atoms with van der Waals surface area (Å²) < 4.78 is 19.5. The van der Waals surface area contributed by atoms with Crippen molar-refractivity contribution in [2.45, 2.75) is 44.6 Å². The number of non-ortho nitro benzene ring substituents is 1. The number of nitro benzene ring substituents is 1. The Kier molecular flexibility index (Phi) is 4.18. The Morgan fingerprint density at radius 1 is 1.50 bits per heavy atom. The summed E-state index contributed by atoms with van der Waals surface area (Å²) in [5.41, 5.74) is -0.425. The molecule has 1 aliphatic carbocycles. The molecule has 20 heavy (non-hydrogen) atoms. The minimum Gasteiger partial charge on any atom is -0.487 e. The van der Waals surface area contributed by atoms with Gasteiger partial charge in [0.1, 0.15) is 6.10 Å². The van der Waals surface area contributed by atoms with Gasteiger partial charge in [0.15, 0.2) is 11.6 Å². The summed E-state index contributed by atoms with van der Waals surface area (Å²) in [7, 11) is 0. The van der Waals surface area contributed by atoms with Crippen LogP contribution in [0.5, 0.6) is 5.75 Å². The van der Waals surface area contributed by atoms with Crippen molar-refractivity contribution in [1.29, 1.82) is 0 Å². The molecule has 1 aromatic carbocycles. The fraction of sp³-hybridized carbons (Fsp3) is 0.571. The molecule has 0 amide bonds. The van der Waals surface area contributed by atoms with E-state index in [0.29, 0.717) is 6.42 Å². The monoisotopic (exact) mass is 301 g/mol. The van der Waals surface area contributed by atoms with Crippen LogP contribution in [0.25, 0.3) is 0 Å². The molecule has 2 unspecified atom stereocenters. The SMILES string of the molecule is CCC1(CC)C(Cl)CC1Oc1ccc([N+](=O)[O-])cc1F. The summed E-state index contributed by atoms with van der Waals surface area (Å²) in [5.74, 6) is -0.659. The predicted molar refractivity (Wildman–Crippen MR) is 74.7 cm³/mol. The van der Waals surface area contributed by atoms with Gasteiger partial charge in [-0.1, -0.05) is 13.8 Å². The molecule has 110 valence electrons. The second-order valence-electron chi connectivity index (χ2n) is 5.12. The first-order valence-electron chi connectivity index (χ1n) is 6.69. The molecule has 4 nitrogen and oxygen atoms in total. The maximum Gasteiger partial charge on any atom is 0.272 e. The van der Waals surface area contributed by atoms with Gasteiger partial charge in [0.05, 0.1) is 11.0 Å². The maximum absolute atomic E-state index is 13.8. The van der Waals surface area contributed by atoms with Crippen molar-refractivity contribution in [3.63, 3.8) is 0 Å². The van der Waals surface area contributed by atoms with Gasteiger partial charge < -0.3 is 4.74 Å². The quantitative estimate of drug-likeness (QED) is 0.463. The van der Waals surface area contributed by atoms with E-state index in [0.717, 1.165) is 18.9 Å². The number of benzene rings is 1. The molecule has 1 aromatic rings. The molecular weight excluding hydrogens is 285 g/mol. The molecule has 2 atom stereocenters. The third-order valence-corrected chi connectivity index (χ3v) is 5.01. The lowest BCUT2D eigenvalue weighted by Gasteiger charge is -2.52. The zero-order chi connectivity index (χ0) is 14.9. The number of hydrogen-bond acceptors (Lipinski definition) is 3. The van der Waals surface area contributed by atoms with Crippen LogP contribution in [0.15, 0.2) is 18.2 Å². The molecule has 6 heteroatoms. The Hall–Kier alpha value is -1.36. The number of ether oxygens (including phenoxy) is 1. The first kappa shape index (κ1) is 15.0. The van der Waals surface area contributed by atoms with Crippen molar-refractivity contribution in [2.24, 2.45) is 5.41 Å². The van der Waals surface area contributed by atoms with Gasteiger partial charge in [-0.15, -0.1) is 11.6 Å². The summed E-state index contributed by atoms with van der Waals surface area (Å²) in [6, 6.07) is 3.44. The van der Waals surface area contributed by atoms with Gasteiger partial charge in [-0.25, -0.2) is 4.39 Å². The van der Waals surface area contributed by atoms with Crippen LogP contribution in [-0.4, -0.2) is 16.4 Å². The van der Waals surface area contributed by atoms with Gasteiger partial charge in [-0.05, 0) is 18.9 Å². The molecule has 0 N–H and O–H groups in total. The van der Waals surface area contributed by atoms with E-state index in [1.807, 2.05) is 13.8 Å². The molecule has 0 radical (unpaired) electrons. The fourth-order valence-electron chi connectivity index (χ4n) is 2.86. The second-order valence-corrected chi connectivity index (χ2v) is 5.65. The maximum atomic E-state index is 13.8. The normalized spacial score (nSPS) is 24.0. The van der Waals surface area contributed by atoms with Crippen molar-refractivity contribution < 1.29 is 14.1 Å². The summed E-state index contributed by atoms with van der Waals surface area (Å²) in [4.78, 5) is 9.94. The van der Waals surface area contributed by atoms with Crippen molar-refractivity contribution in [3.05, 3.63) is 34.1 Å². The van der Waals surface area contributed by atoms with Crippen LogP contribution in [0, 0.1) is 21.3 Å². The smallest absolute Gasteiger partial charge is 0.272 e. The number of nitro groups is 1. The lowest BCUT2D eigenvalue weighted by molar-refractivity contribution is -0.385. The zero-order valence-corrected chi connectivity index (χ0v) is 12.2. The van der Waals surface area contributed by atoms with Gasteiger partial charge in [0, 0.05) is 23.3 Å². The molecular formula is C14H17ClFNO3. The van der Waals surface area contributed by atoms with Crippen molar-refractivity contribution in [2.75, 3.05) is 0 Å². The molecule has 1 saturated carbocycles. The highest BCUT2D eigenvalue weighted by molar-refractivity contribution is 6.21. The topological polar surface area (TPSA) is 52.4 Å². The molecule has 1 aliphatic rings. The Morgan fingerprint density at radius 2 is 2.15 bits per heavy atom. The number of alkyl halides is 1. The summed E-state index contributed by atoms with van der Waals surface area (Å²) >= 11 is 6.28. The molecule has 0 spiro atoms. The third kappa shape index (κ3) is 2.35. The van der Waals surface area contributed by atoms with Crippen LogP contribution < -0.4 is 4.74 Å². The minimum atomic E-state index is -0.710. The van der Waals surface area contributed by atoms with E-state index in [2.05, 4.69) is 0 Å². The molecule has 0 bridgehead atoms. The van der Waals surface area contributed by atoms with Gasteiger partial charge >= 0.3 is 0 Å². The predicted octanol–water partition coefficient (Wildman–Crippen LogP) is 4.30. The number of rotatable bonds is 5. The van der Waals surface area contributed by atoms with Crippen LogP contribution in [0.3, 0.4) is 0 Å². The average molecular weight is 302 g/mol. The highest BCUT2D eigenvalue weighted by Gasteiger charge is 2.53. The lowest BCUT2D eigenvalue weighted by atomic mass is 9.62. The largest absolute Gasteiger partial charge is 0.487 e. The summed E-state index contributed by atoms with van der Waals surface area (Å²) in [5, 5.41) is 10.6. The molecule has 0 heterocycles. The Morgan fingerprint density at radius 3 is 2.60 bits per heavy atom. The highest BCUT2D eigenvalue weighted by Crippen LogP contribution is 2.52. The van der Waals surface area contributed by atoms with Crippen LogP contribution in [0.2, 0.25) is 0 Å². The Bertz CT molecular complexity index is 519. The molecule has 2 rings (SSSR count). The van der Waals surface area contributed by atoms with Crippen molar-refractivity contribution >= 4 is 17.3 Å². The van der Waals surface area contributed by atoms with Crippen LogP contribution >= 0.6 is 11.6 Å².